The molecule has 0 spiro atoms. The van der Waals surface area contributed by atoms with Crippen LogP contribution in [0.25, 0.3) is 0 Å². The Morgan fingerprint density at radius 1 is 0.941 bits per heavy atom. The normalized spacial score (nSPS) is 8.71. The molecule has 0 aliphatic carbocycles. The van der Waals surface area contributed by atoms with Crippen LogP contribution in [0.3, 0.4) is 0 Å². The van der Waals surface area contributed by atoms with Gasteiger partial charge in [0.1, 0.15) is 12.4 Å². The van der Waals surface area contributed by atoms with Crippen LogP contribution in [-0.4, -0.2) is 4.98 Å². The second-order valence-corrected chi connectivity index (χ2v) is 3.21. The fourth-order valence-corrected chi connectivity index (χ4v) is 1.21. The Balaban J connectivity index is 0.00000128. The zero-order chi connectivity index (χ0) is 10.5. The molecule has 0 fully saturated rings. The predicted octanol–water partition coefficient (Wildman–Crippen LogP) is 3.09. The average Bonchev–Trinajstić information content (AvgIpc) is 2.30. The fraction of sp³-hybridized carbons (Fsp3) is 0.0833. The number of benzene rings is 1. The quantitative estimate of drug-likeness (QED) is 0.874. The van der Waals surface area contributed by atoms with Crippen LogP contribution in [0.1, 0.15) is 5.56 Å². The molecular weight excluding hydrogens is 259 g/mol. The second kappa shape index (κ2) is 7.76. The van der Waals surface area contributed by atoms with Crippen molar-refractivity contribution in [2.45, 2.75) is 6.61 Å². The molecule has 2 N–H and O–H groups in total. The number of pyridine rings is 1. The number of nitrogen functional groups attached to an aromatic ring is 1. The van der Waals surface area contributed by atoms with Gasteiger partial charge in [-0.15, -0.1) is 24.8 Å². The minimum atomic E-state index is 0. The summed E-state index contributed by atoms with van der Waals surface area (Å²) in [6.07, 6.45) is 3.50. The molecule has 2 rings (SSSR count). The van der Waals surface area contributed by atoms with Crippen LogP contribution >= 0.6 is 24.8 Å². The van der Waals surface area contributed by atoms with Crippen LogP contribution in [0.4, 0.5) is 5.69 Å². The zero-order valence-corrected chi connectivity index (χ0v) is 10.7. The Morgan fingerprint density at radius 2 is 1.53 bits per heavy atom. The van der Waals surface area contributed by atoms with Crippen molar-refractivity contribution in [3.8, 4) is 5.75 Å². The molecule has 1 aromatic heterocycles. The van der Waals surface area contributed by atoms with E-state index in [1.807, 2.05) is 36.4 Å². The number of hydrogen-bond donors (Lipinski definition) is 1. The monoisotopic (exact) mass is 272 g/mol. The largest absolute Gasteiger partial charge is 0.489 e. The van der Waals surface area contributed by atoms with Gasteiger partial charge in [-0.1, -0.05) is 0 Å². The highest BCUT2D eigenvalue weighted by Crippen LogP contribution is 2.14. The van der Waals surface area contributed by atoms with Gasteiger partial charge in [0.05, 0.1) is 0 Å². The number of aromatic nitrogens is 1. The van der Waals surface area contributed by atoms with Crippen molar-refractivity contribution in [1.29, 1.82) is 0 Å². The first-order valence-corrected chi connectivity index (χ1v) is 4.72. The number of anilines is 1. The van der Waals surface area contributed by atoms with Crippen molar-refractivity contribution in [3.05, 3.63) is 54.4 Å². The van der Waals surface area contributed by atoms with Crippen molar-refractivity contribution < 1.29 is 4.74 Å². The number of hydrogen-bond acceptors (Lipinski definition) is 3. The van der Waals surface area contributed by atoms with Gasteiger partial charge >= 0.3 is 0 Å². The van der Waals surface area contributed by atoms with Crippen LogP contribution in [0.2, 0.25) is 0 Å². The maximum Gasteiger partial charge on any atom is 0.119 e. The number of ether oxygens (including phenoxy) is 1. The molecule has 0 bridgehead atoms. The van der Waals surface area contributed by atoms with Gasteiger partial charge in [-0.05, 0) is 42.0 Å². The smallest absolute Gasteiger partial charge is 0.119 e. The first-order valence-electron chi connectivity index (χ1n) is 4.72. The minimum Gasteiger partial charge on any atom is -0.489 e. The molecule has 92 valence electrons. The Kier molecular flexibility index (Phi) is 7.10. The maximum absolute atomic E-state index is 5.57. The SMILES string of the molecule is Cl.Cl.Nc1ccc(OCc2ccncc2)cc1. The summed E-state index contributed by atoms with van der Waals surface area (Å²) in [5.41, 5.74) is 7.41. The van der Waals surface area contributed by atoms with Crippen molar-refractivity contribution in [1.82, 2.24) is 4.98 Å². The standard InChI is InChI=1S/C12H12N2O.2ClH/c13-11-1-3-12(4-2-11)15-9-10-5-7-14-8-6-10;;/h1-8H,9,13H2;2*1H. The van der Waals surface area contributed by atoms with E-state index in [1.165, 1.54) is 0 Å². The molecule has 0 saturated heterocycles. The second-order valence-electron chi connectivity index (χ2n) is 3.21. The molecule has 0 atom stereocenters. The van der Waals surface area contributed by atoms with Crippen molar-refractivity contribution in [2.24, 2.45) is 0 Å². The summed E-state index contributed by atoms with van der Waals surface area (Å²) in [4.78, 5) is 3.94. The van der Waals surface area contributed by atoms with E-state index < -0.39 is 0 Å². The summed E-state index contributed by atoms with van der Waals surface area (Å²) in [5, 5.41) is 0. The third kappa shape index (κ3) is 4.93. The minimum absolute atomic E-state index is 0. The molecule has 0 aliphatic heterocycles. The number of rotatable bonds is 3. The van der Waals surface area contributed by atoms with E-state index >= 15 is 0 Å². The summed E-state index contributed by atoms with van der Waals surface area (Å²) in [5.74, 6) is 0.820. The van der Waals surface area contributed by atoms with Gasteiger partial charge < -0.3 is 10.5 Å². The number of halogens is 2. The molecule has 0 unspecified atom stereocenters. The highest BCUT2D eigenvalue weighted by atomic mass is 35.5. The molecule has 2 aromatic rings. The highest BCUT2D eigenvalue weighted by molar-refractivity contribution is 5.85. The van der Waals surface area contributed by atoms with Crippen LogP contribution in [0.15, 0.2) is 48.8 Å². The maximum atomic E-state index is 5.57. The summed E-state index contributed by atoms with van der Waals surface area (Å²) in [7, 11) is 0. The van der Waals surface area contributed by atoms with Crippen LogP contribution in [0.5, 0.6) is 5.75 Å². The Morgan fingerprint density at radius 3 is 2.12 bits per heavy atom. The van der Waals surface area contributed by atoms with Crippen molar-refractivity contribution in [3.63, 3.8) is 0 Å². The molecule has 17 heavy (non-hydrogen) atoms. The van der Waals surface area contributed by atoms with E-state index in [1.54, 1.807) is 12.4 Å². The van der Waals surface area contributed by atoms with Gasteiger partial charge in [-0.3, -0.25) is 4.98 Å². The van der Waals surface area contributed by atoms with E-state index in [9.17, 15) is 0 Å². The molecule has 0 saturated carbocycles. The Hall–Kier alpha value is -1.45. The van der Waals surface area contributed by atoms with Gasteiger partial charge in [0.25, 0.3) is 0 Å². The van der Waals surface area contributed by atoms with Crippen LogP contribution in [-0.2, 0) is 6.61 Å². The van der Waals surface area contributed by atoms with Crippen molar-refractivity contribution >= 4 is 30.5 Å². The summed E-state index contributed by atoms with van der Waals surface area (Å²) >= 11 is 0. The number of nitrogens with zero attached hydrogens (tertiary/aromatic N) is 1. The molecule has 3 nitrogen and oxygen atoms in total. The fourth-order valence-electron chi connectivity index (χ4n) is 1.21. The summed E-state index contributed by atoms with van der Waals surface area (Å²) in [6, 6.07) is 11.2. The van der Waals surface area contributed by atoms with Gasteiger partial charge in [-0.2, -0.15) is 0 Å². The van der Waals surface area contributed by atoms with Gasteiger partial charge in [0.2, 0.25) is 0 Å². The average molecular weight is 273 g/mol. The van der Waals surface area contributed by atoms with E-state index in [-0.39, 0.29) is 24.8 Å². The lowest BCUT2D eigenvalue weighted by Gasteiger charge is -2.05. The molecule has 1 aromatic carbocycles. The van der Waals surface area contributed by atoms with Crippen LogP contribution in [0, 0.1) is 0 Å². The molecule has 0 radical (unpaired) electrons. The van der Waals surface area contributed by atoms with E-state index in [2.05, 4.69) is 4.98 Å². The first-order chi connectivity index (χ1) is 7.34. The predicted molar refractivity (Wildman–Crippen MR) is 73.9 cm³/mol. The first kappa shape index (κ1) is 15.6. The van der Waals surface area contributed by atoms with Gasteiger partial charge in [0, 0.05) is 18.1 Å². The van der Waals surface area contributed by atoms with E-state index in [0.29, 0.717) is 6.61 Å². The lowest BCUT2D eigenvalue weighted by Crippen LogP contribution is -1.95. The lowest BCUT2D eigenvalue weighted by atomic mass is 10.3. The van der Waals surface area contributed by atoms with Crippen molar-refractivity contribution in [2.75, 3.05) is 5.73 Å². The Bertz CT molecular complexity index is 420. The lowest BCUT2D eigenvalue weighted by molar-refractivity contribution is 0.306. The van der Waals surface area contributed by atoms with Gasteiger partial charge in [-0.25, -0.2) is 0 Å². The molecule has 1 heterocycles. The third-order valence-corrected chi connectivity index (χ3v) is 2.03. The molecule has 0 amide bonds. The molecule has 5 heteroatoms. The Labute approximate surface area is 113 Å². The summed E-state index contributed by atoms with van der Waals surface area (Å²) in [6.45, 7) is 0.548. The van der Waals surface area contributed by atoms with Crippen LogP contribution < -0.4 is 10.5 Å². The third-order valence-electron chi connectivity index (χ3n) is 2.03. The zero-order valence-electron chi connectivity index (χ0n) is 9.08. The highest BCUT2D eigenvalue weighted by Gasteiger charge is 1.94. The molecule has 0 aliphatic rings. The van der Waals surface area contributed by atoms with E-state index in [4.69, 9.17) is 10.5 Å². The topological polar surface area (TPSA) is 48.1 Å². The van der Waals surface area contributed by atoms with Gasteiger partial charge in [0.15, 0.2) is 0 Å². The molecular formula is C12H14Cl2N2O. The van der Waals surface area contributed by atoms with E-state index in [0.717, 1.165) is 17.0 Å². The number of nitrogens with two attached hydrogens (primary N) is 1. The summed E-state index contributed by atoms with van der Waals surface area (Å²) < 4.78 is 5.56.